The van der Waals surface area contributed by atoms with Crippen LogP contribution in [0.5, 0.6) is 0 Å². The fourth-order valence-corrected chi connectivity index (χ4v) is 0.876. The highest BCUT2D eigenvalue weighted by Gasteiger charge is 2.21. The molecule has 1 aromatic heterocycles. The quantitative estimate of drug-likeness (QED) is 0.641. The van der Waals surface area contributed by atoms with Crippen LogP contribution in [0.3, 0.4) is 0 Å². The molecule has 1 heterocycles. The summed E-state index contributed by atoms with van der Waals surface area (Å²) in [4.78, 5) is 17.5. The predicted molar refractivity (Wildman–Crippen MR) is 41.5 cm³/mol. The molecule has 0 unspecified atom stereocenters. The molecule has 2 N–H and O–H groups in total. The van der Waals surface area contributed by atoms with Gasteiger partial charge in [-0.25, -0.2) is 4.98 Å². The first kappa shape index (κ1) is 6.39. The summed E-state index contributed by atoms with van der Waals surface area (Å²) in [6, 6.07) is 0.478. The van der Waals surface area contributed by atoms with Crippen LogP contribution in [0.4, 0.5) is 5.82 Å². The zero-order valence-corrected chi connectivity index (χ0v) is 6.00. The second kappa shape index (κ2) is 2.38. The van der Waals surface area contributed by atoms with Crippen molar-refractivity contribution in [1.82, 2.24) is 9.97 Å². The van der Waals surface area contributed by atoms with Crippen LogP contribution in [0.15, 0.2) is 17.2 Å². The maximum Gasteiger partial charge on any atom is 0.290 e. The summed E-state index contributed by atoms with van der Waals surface area (Å²) >= 11 is 0. The summed E-state index contributed by atoms with van der Waals surface area (Å²) in [5, 5.41) is 3.03. The Kier molecular flexibility index (Phi) is 1.38. The van der Waals surface area contributed by atoms with Gasteiger partial charge in [0.05, 0.1) is 0 Å². The number of hydrogen-bond donors (Lipinski definition) is 2. The number of anilines is 1. The van der Waals surface area contributed by atoms with Gasteiger partial charge in [0, 0.05) is 18.4 Å². The van der Waals surface area contributed by atoms with Crippen molar-refractivity contribution in [3.8, 4) is 0 Å². The first-order chi connectivity index (χ1) is 5.36. The fourth-order valence-electron chi connectivity index (χ4n) is 0.876. The Balaban J connectivity index is 2.21. The number of aromatic amines is 1. The van der Waals surface area contributed by atoms with Gasteiger partial charge in [-0.15, -0.1) is 0 Å². The molecule has 1 saturated carbocycles. The van der Waals surface area contributed by atoms with Crippen LogP contribution >= 0.6 is 0 Å². The summed E-state index contributed by atoms with van der Waals surface area (Å²) in [6.45, 7) is 0. The summed E-state index contributed by atoms with van der Waals surface area (Å²) in [5.41, 5.74) is -0.139. The van der Waals surface area contributed by atoms with Gasteiger partial charge in [0.1, 0.15) is 0 Å². The lowest BCUT2D eigenvalue weighted by molar-refractivity contribution is 1.06. The number of H-pyrrole nitrogens is 1. The van der Waals surface area contributed by atoms with Crippen molar-refractivity contribution in [2.45, 2.75) is 18.9 Å². The van der Waals surface area contributed by atoms with Crippen molar-refractivity contribution < 1.29 is 0 Å². The molecular weight excluding hydrogens is 142 g/mol. The molecule has 0 atom stereocenters. The van der Waals surface area contributed by atoms with Gasteiger partial charge in [-0.05, 0) is 12.8 Å². The Bertz CT molecular complexity index is 303. The lowest BCUT2D eigenvalue weighted by atomic mass is 10.6. The number of hydrogen-bond acceptors (Lipinski definition) is 3. The van der Waals surface area contributed by atoms with Crippen LogP contribution in [0, 0.1) is 0 Å². The van der Waals surface area contributed by atoms with E-state index < -0.39 is 0 Å². The highest BCUT2D eigenvalue weighted by atomic mass is 16.1. The molecule has 58 valence electrons. The van der Waals surface area contributed by atoms with Gasteiger partial charge >= 0.3 is 0 Å². The molecule has 0 bridgehead atoms. The molecule has 4 nitrogen and oxygen atoms in total. The first-order valence-electron chi connectivity index (χ1n) is 3.66. The third kappa shape index (κ3) is 1.39. The van der Waals surface area contributed by atoms with E-state index >= 15 is 0 Å². The average Bonchev–Trinajstić information content (AvgIpc) is 2.78. The van der Waals surface area contributed by atoms with E-state index in [0.29, 0.717) is 11.9 Å². The van der Waals surface area contributed by atoms with Crippen molar-refractivity contribution in [3.63, 3.8) is 0 Å². The molecule has 1 aromatic rings. The summed E-state index contributed by atoms with van der Waals surface area (Å²) in [7, 11) is 0. The molecular formula is C7H9N3O. The Morgan fingerprint density at radius 3 is 3.09 bits per heavy atom. The monoisotopic (exact) mass is 151 g/mol. The third-order valence-electron chi connectivity index (χ3n) is 1.63. The summed E-state index contributed by atoms with van der Waals surface area (Å²) < 4.78 is 0. The minimum Gasteiger partial charge on any atom is -0.363 e. The highest BCUT2D eigenvalue weighted by Crippen LogP contribution is 2.21. The van der Waals surface area contributed by atoms with E-state index in [4.69, 9.17) is 0 Å². The van der Waals surface area contributed by atoms with Crippen molar-refractivity contribution in [1.29, 1.82) is 0 Å². The smallest absolute Gasteiger partial charge is 0.290 e. The van der Waals surface area contributed by atoms with E-state index in [9.17, 15) is 4.79 Å². The minimum atomic E-state index is -0.139. The topological polar surface area (TPSA) is 57.8 Å². The molecule has 0 amide bonds. The van der Waals surface area contributed by atoms with Crippen LogP contribution in [0.2, 0.25) is 0 Å². The summed E-state index contributed by atoms with van der Waals surface area (Å²) in [5.74, 6) is 0.440. The van der Waals surface area contributed by atoms with Crippen LogP contribution in [0.1, 0.15) is 12.8 Å². The molecule has 2 rings (SSSR count). The number of nitrogens with zero attached hydrogens (tertiary/aromatic N) is 1. The Morgan fingerprint density at radius 2 is 2.45 bits per heavy atom. The number of nitrogens with one attached hydrogen (secondary N) is 2. The maximum absolute atomic E-state index is 11.0. The first-order valence-corrected chi connectivity index (χ1v) is 3.66. The SMILES string of the molecule is O=c1[nH]ccnc1NC1CC1. The predicted octanol–water partition coefficient (Wildman–Crippen LogP) is 0.344. The molecule has 0 saturated heterocycles. The number of aromatic nitrogens is 2. The Hall–Kier alpha value is -1.32. The van der Waals surface area contributed by atoms with Crippen LogP contribution in [0.25, 0.3) is 0 Å². The number of rotatable bonds is 2. The van der Waals surface area contributed by atoms with Gasteiger partial charge in [0.25, 0.3) is 5.56 Å². The Morgan fingerprint density at radius 1 is 1.64 bits per heavy atom. The van der Waals surface area contributed by atoms with Crippen molar-refractivity contribution in [2.75, 3.05) is 5.32 Å². The molecule has 0 aromatic carbocycles. The summed E-state index contributed by atoms with van der Waals surface area (Å²) in [6.07, 6.45) is 5.40. The molecule has 1 aliphatic rings. The molecule has 11 heavy (non-hydrogen) atoms. The lowest BCUT2D eigenvalue weighted by Gasteiger charge is -1.98. The zero-order chi connectivity index (χ0) is 7.68. The van der Waals surface area contributed by atoms with E-state index in [0.717, 1.165) is 12.8 Å². The lowest BCUT2D eigenvalue weighted by Crippen LogP contribution is -2.16. The van der Waals surface area contributed by atoms with E-state index in [2.05, 4.69) is 15.3 Å². The van der Waals surface area contributed by atoms with Gasteiger partial charge in [-0.3, -0.25) is 4.79 Å². The second-order valence-electron chi connectivity index (χ2n) is 2.69. The largest absolute Gasteiger partial charge is 0.363 e. The second-order valence-corrected chi connectivity index (χ2v) is 2.69. The van der Waals surface area contributed by atoms with E-state index in [-0.39, 0.29) is 5.56 Å². The van der Waals surface area contributed by atoms with Crippen LogP contribution in [-0.2, 0) is 0 Å². The standard InChI is InChI=1S/C7H9N3O/c11-7-6(8-3-4-9-7)10-5-1-2-5/h3-5H,1-2H2,(H,8,10)(H,9,11). The molecule has 4 heteroatoms. The normalized spacial score (nSPS) is 16.4. The molecule has 1 aliphatic carbocycles. The van der Waals surface area contributed by atoms with E-state index in [1.807, 2.05) is 0 Å². The van der Waals surface area contributed by atoms with Crippen LogP contribution in [-0.4, -0.2) is 16.0 Å². The van der Waals surface area contributed by atoms with Gasteiger partial charge in [-0.1, -0.05) is 0 Å². The Labute approximate surface area is 63.7 Å². The van der Waals surface area contributed by atoms with Gasteiger partial charge < -0.3 is 10.3 Å². The van der Waals surface area contributed by atoms with E-state index in [1.54, 1.807) is 6.20 Å². The van der Waals surface area contributed by atoms with Gasteiger partial charge in [-0.2, -0.15) is 0 Å². The maximum atomic E-state index is 11.0. The highest BCUT2D eigenvalue weighted by molar-refractivity contribution is 5.33. The molecule has 0 aliphatic heterocycles. The zero-order valence-electron chi connectivity index (χ0n) is 6.00. The molecule has 1 fully saturated rings. The third-order valence-corrected chi connectivity index (χ3v) is 1.63. The van der Waals surface area contributed by atoms with Crippen molar-refractivity contribution >= 4 is 5.82 Å². The van der Waals surface area contributed by atoms with Crippen LogP contribution < -0.4 is 10.9 Å². The van der Waals surface area contributed by atoms with E-state index in [1.165, 1.54) is 6.20 Å². The molecule has 0 spiro atoms. The van der Waals surface area contributed by atoms with Gasteiger partial charge in [0.15, 0.2) is 5.82 Å². The van der Waals surface area contributed by atoms with Crippen molar-refractivity contribution in [3.05, 3.63) is 22.7 Å². The molecule has 0 radical (unpaired) electrons. The van der Waals surface area contributed by atoms with Crippen molar-refractivity contribution in [2.24, 2.45) is 0 Å². The average molecular weight is 151 g/mol. The minimum absolute atomic E-state index is 0.139. The fraction of sp³-hybridized carbons (Fsp3) is 0.429. The van der Waals surface area contributed by atoms with Gasteiger partial charge in [0.2, 0.25) is 0 Å².